The molecule has 1 saturated heterocycles. The van der Waals surface area contributed by atoms with Crippen LogP contribution in [-0.4, -0.2) is 55.0 Å². The molecule has 8 heteroatoms. The van der Waals surface area contributed by atoms with E-state index in [0.717, 1.165) is 28.3 Å². The van der Waals surface area contributed by atoms with Gasteiger partial charge in [0.1, 0.15) is 11.9 Å². The van der Waals surface area contributed by atoms with Crippen LogP contribution >= 0.6 is 0 Å². The van der Waals surface area contributed by atoms with Crippen LogP contribution in [0.4, 0.5) is 5.69 Å². The number of nitrogens with one attached hydrogen (secondary N) is 1. The van der Waals surface area contributed by atoms with Crippen LogP contribution in [0.5, 0.6) is 5.75 Å². The highest BCUT2D eigenvalue weighted by atomic mass is 16.5. The van der Waals surface area contributed by atoms with Gasteiger partial charge in [0.2, 0.25) is 11.8 Å². The van der Waals surface area contributed by atoms with Gasteiger partial charge >= 0.3 is 0 Å². The number of nitrogens with two attached hydrogens (primary N) is 1. The third kappa shape index (κ3) is 5.74. The maximum atomic E-state index is 12.5. The standard InChI is InChI=1S/C25H26N4O4/c1-32-21-8-6-20(7-9-21)28-24(30)16-29-11-12-33-23(15-29)22-10-5-19(14-27-22)17-3-2-4-18(13-17)25(26)31/h2-10,13-14,23H,11-12,15-16H2,1H3,(H2,26,31)(H,28,30). The van der Waals surface area contributed by atoms with Gasteiger partial charge in [-0.1, -0.05) is 18.2 Å². The van der Waals surface area contributed by atoms with E-state index in [1.54, 1.807) is 43.6 Å². The molecule has 1 aliphatic heterocycles. The highest BCUT2D eigenvalue weighted by Gasteiger charge is 2.24. The number of carbonyl (C=O) groups is 2. The van der Waals surface area contributed by atoms with Gasteiger partial charge in [-0.15, -0.1) is 0 Å². The van der Waals surface area contributed by atoms with Crippen molar-refractivity contribution in [3.63, 3.8) is 0 Å². The number of nitrogens with zero attached hydrogens (tertiary/aromatic N) is 2. The summed E-state index contributed by atoms with van der Waals surface area (Å²) in [4.78, 5) is 30.5. The number of rotatable bonds is 7. The molecule has 0 bridgehead atoms. The number of ether oxygens (including phenoxy) is 2. The average Bonchev–Trinajstić information content (AvgIpc) is 2.85. The molecule has 0 aliphatic carbocycles. The minimum absolute atomic E-state index is 0.0848. The summed E-state index contributed by atoms with van der Waals surface area (Å²) in [5.41, 5.74) is 9.10. The molecule has 1 atom stereocenters. The lowest BCUT2D eigenvalue weighted by molar-refractivity contribution is -0.119. The van der Waals surface area contributed by atoms with E-state index in [2.05, 4.69) is 15.2 Å². The number of primary amides is 1. The van der Waals surface area contributed by atoms with E-state index in [1.807, 2.05) is 30.3 Å². The average molecular weight is 447 g/mol. The van der Waals surface area contributed by atoms with Gasteiger partial charge in [-0.05, 0) is 48.0 Å². The normalized spacial score (nSPS) is 16.2. The molecule has 3 N–H and O–H groups in total. The predicted octanol–water partition coefficient (Wildman–Crippen LogP) is 2.87. The Morgan fingerprint density at radius 3 is 2.67 bits per heavy atom. The highest BCUT2D eigenvalue weighted by Crippen LogP contribution is 2.25. The van der Waals surface area contributed by atoms with Crippen molar-refractivity contribution in [1.29, 1.82) is 0 Å². The van der Waals surface area contributed by atoms with Crippen LogP contribution in [0.25, 0.3) is 11.1 Å². The van der Waals surface area contributed by atoms with Crippen LogP contribution < -0.4 is 15.8 Å². The third-order valence-corrected chi connectivity index (χ3v) is 5.49. The Kier molecular flexibility index (Phi) is 6.97. The van der Waals surface area contributed by atoms with Crippen molar-refractivity contribution in [3.8, 4) is 16.9 Å². The second-order valence-electron chi connectivity index (χ2n) is 7.79. The van der Waals surface area contributed by atoms with Crippen molar-refractivity contribution in [1.82, 2.24) is 9.88 Å². The van der Waals surface area contributed by atoms with Crippen LogP contribution in [0.3, 0.4) is 0 Å². The second kappa shape index (κ2) is 10.2. The zero-order chi connectivity index (χ0) is 23.2. The zero-order valence-electron chi connectivity index (χ0n) is 18.4. The Labute approximate surface area is 192 Å². The third-order valence-electron chi connectivity index (χ3n) is 5.49. The van der Waals surface area contributed by atoms with Gasteiger partial charge < -0.3 is 20.5 Å². The minimum Gasteiger partial charge on any atom is -0.497 e. The number of anilines is 1. The number of hydrogen-bond donors (Lipinski definition) is 2. The van der Waals surface area contributed by atoms with Crippen LogP contribution in [0.15, 0.2) is 66.9 Å². The molecule has 1 aromatic heterocycles. The number of amides is 2. The van der Waals surface area contributed by atoms with E-state index >= 15 is 0 Å². The molecule has 8 nitrogen and oxygen atoms in total. The minimum atomic E-state index is -0.465. The molecule has 3 aromatic rings. The number of aromatic nitrogens is 1. The molecule has 0 saturated carbocycles. The maximum Gasteiger partial charge on any atom is 0.248 e. The molecule has 170 valence electrons. The van der Waals surface area contributed by atoms with Crippen LogP contribution in [0, 0.1) is 0 Å². The summed E-state index contributed by atoms with van der Waals surface area (Å²) in [6, 6.07) is 18.2. The highest BCUT2D eigenvalue weighted by molar-refractivity contribution is 5.94. The summed E-state index contributed by atoms with van der Waals surface area (Å²) in [6.45, 7) is 2.03. The Bertz CT molecular complexity index is 1120. The summed E-state index contributed by atoms with van der Waals surface area (Å²) in [5.74, 6) is 0.190. The first-order chi connectivity index (χ1) is 16.0. The van der Waals surface area contributed by atoms with Gasteiger partial charge in [0.05, 0.1) is 26.0 Å². The zero-order valence-corrected chi connectivity index (χ0v) is 18.4. The van der Waals surface area contributed by atoms with Crippen molar-refractivity contribution in [3.05, 3.63) is 78.1 Å². The SMILES string of the molecule is COc1ccc(NC(=O)CN2CCOC(c3ccc(-c4cccc(C(N)=O)c4)cn3)C2)cc1. The number of hydrogen-bond acceptors (Lipinski definition) is 6. The Morgan fingerprint density at radius 2 is 1.97 bits per heavy atom. The predicted molar refractivity (Wildman–Crippen MR) is 125 cm³/mol. The number of carbonyl (C=O) groups excluding carboxylic acids is 2. The van der Waals surface area contributed by atoms with Crippen molar-refractivity contribution < 1.29 is 19.1 Å². The summed E-state index contributed by atoms with van der Waals surface area (Å²) < 4.78 is 11.0. The number of morpholine rings is 1. The molecule has 2 heterocycles. The van der Waals surface area contributed by atoms with Gasteiger partial charge in [-0.25, -0.2) is 0 Å². The van der Waals surface area contributed by atoms with Crippen molar-refractivity contribution in [2.24, 2.45) is 5.73 Å². The first kappa shape index (κ1) is 22.4. The Hall–Kier alpha value is -3.75. The van der Waals surface area contributed by atoms with Crippen LogP contribution in [0.2, 0.25) is 0 Å². The largest absolute Gasteiger partial charge is 0.497 e. The van der Waals surface area contributed by atoms with E-state index < -0.39 is 5.91 Å². The fourth-order valence-electron chi connectivity index (χ4n) is 3.72. The van der Waals surface area contributed by atoms with E-state index in [9.17, 15) is 9.59 Å². The van der Waals surface area contributed by atoms with Gasteiger partial charge in [-0.3, -0.25) is 19.5 Å². The van der Waals surface area contributed by atoms with Crippen molar-refractivity contribution in [2.45, 2.75) is 6.10 Å². The summed E-state index contributed by atoms with van der Waals surface area (Å²) >= 11 is 0. The lowest BCUT2D eigenvalue weighted by Gasteiger charge is -2.32. The summed E-state index contributed by atoms with van der Waals surface area (Å²) in [7, 11) is 1.60. The molecular formula is C25H26N4O4. The molecule has 2 aromatic carbocycles. The van der Waals surface area contributed by atoms with Crippen LogP contribution in [-0.2, 0) is 9.53 Å². The van der Waals surface area contributed by atoms with E-state index in [1.165, 1.54) is 0 Å². The lowest BCUT2D eigenvalue weighted by Crippen LogP contribution is -2.42. The molecule has 1 fully saturated rings. The van der Waals surface area contributed by atoms with E-state index in [4.69, 9.17) is 15.2 Å². The molecule has 0 radical (unpaired) electrons. The molecule has 33 heavy (non-hydrogen) atoms. The smallest absolute Gasteiger partial charge is 0.248 e. The van der Waals surface area contributed by atoms with Gasteiger partial charge in [-0.2, -0.15) is 0 Å². The first-order valence-corrected chi connectivity index (χ1v) is 10.7. The Balaban J connectivity index is 1.36. The van der Waals surface area contributed by atoms with Gasteiger partial charge in [0, 0.05) is 36.1 Å². The monoisotopic (exact) mass is 446 g/mol. The number of methoxy groups -OCH3 is 1. The molecule has 2 amide bonds. The number of benzene rings is 2. The maximum absolute atomic E-state index is 12.5. The van der Waals surface area contributed by atoms with E-state index in [0.29, 0.717) is 25.3 Å². The molecular weight excluding hydrogens is 420 g/mol. The first-order valence-electron chi connectivity index (χ1n) is 10.7. The van der Waals surface area contributed by atoms with Gasteiger partial charge in [0.25, 0.3) is 0 Å². The van der Waals surface area contributed by atoms with Crippen LogP contribution in [0.1, 0.15) is 22.2 Å². The van der Waals surface area contributed by atoms with E-state index in [-0.39, 0.29) is 18.6 Å². The van der Waals surface area contributed by atoms with Crippen molar-refractivity contribution in [2.75, 3.05) is 38.7 Å². The second-order valence-corrected chi connectivity index (χ2v) is 7.79. The topological polar surface area (TPSA) is 107 Å². The molecule has 0 spiro atoms. The quantitative estimate of drug-likeness (QED) is 0.578. The fourth-order valence-corrected chi connectivity index (χ4v) is 3.72. The molecule has 4 rings (SSSR count). The summed E-state index contributed by atoms with van der Waals surface area (Å²) in [5, 5.41) is 2.91. The van der Waals surface area contributed by atoms with Gasteiger partial charge in [0.15, 0.2) is 0 Å². The summed E-state index contributed by atoms with van der Waals surface area (Å²) in [6.07, 6.45) is 1.53. The number of pyridine rings is 1. The lowest BCUT2D eigenvalue weighted by atomic mass is 10.0. The Morgan fingerprint density at radius 1 is 1.15 bits per heavy atom. The van der Waals surface area contributed by atoms with Crippen molar-refractivity contribution >= 4 is 17.5 Å². The molecule has 1 unspecified atom stereocenters. The molecule has 1 aliphatic rings. The fraction of sp³-hybridized carbons (Fsp3) is 0.240.